The van der Waals surface area contributed by atoms with E-state index in [1.165, 1.54) is 27.8 Å². The molecule has 0 aliphatic heterocycles. The van der Waals surface area contributed by atoms with Crippen LogP contribution in [-0.2, 0) is 0 Å². The molecule has 4 heteroatoms. The highest BCUT2D eigenvalue weighted by atomic mass is 16.3. The first-order valence-electron chi connectivity index (χ1n) is 13.8. The molecule has 3 aromatic heterocycles. The predicted molar refractivity (Wildman–Crippen MR) is 165 cm³/mol. The van der Waals surface area contributed by atoms with Gasteiger partial charge in [0.1, 0.15) is 11.4 Å². The van der Waals surface area contributed by atoms with Gasteiger partial charge in [-0.3, -0.25) is 4.57 Å². The fraction of sp³-hybridized carbons (Fsp3) is 0.167. The van der Waals surface area contributed by atoms with E-state index in [0.717, 1.165) is 61.3 Å². The number of pyridine rings is 1. The number of benzene rings is 4. The van der Waals surface area contributed by atoms with E-state index < -0.39 is 0 Å². The van der Waals surface area contributed by atoms with Crippen LogP contribution in [0.15, 0.2) is 83.3 Å². The third kappa shape index (κ3) is 3.60. The van der Waals surface area contributed by atoms with Gasteiger partial charge >= 0.3 is 0 Å². The number of furan rings is 1. The molecule has 0 amide bonds. The first-order valence-corrected chi connectivity index (χ1v) is 13.8. The first-order chi connectivity index (χ1) is 19.3. The maximum atomic E-state index is 6.66. The monoisotopic (exact) mass is 521 g/mol. The Morgan fingerprint density at radius 3 is 2.12 bits per heavy atom. The summed E-state index contributed by atoms with van der Waals surface area (Å²) in [6.45, 7) is 12.9. The summed E-state index contributed by atoms with van der Waals surface area (Å²) in [6, 6.07) is 27.8. The third-order valence-corrected chi connectivity index (χ3v) is 8.09. The number of aryl methyl sites for hydroxylation is 6. The van der Waals surface area contributed by atoms with Crippen LogP contribution in [0, 0.1) is 41.5 Å². The Bertz CT molecular complexity index is 2080. The summed E-state index contributed by atoms with van der Waals surface area (Å²) in [5.41, 5.74) is 15.0. The van der Waals surface area contributed by atoms with Crippen molar-refractivity contribution in [2.24, 2.45) is 0 Å². The zero-order chi connectivity index (χ0) is 27.7. The van der Waals surface area contributed by atoms with E-state index in [1.807, 2.05) is 6.07 Å². The van der Waals surface area contributed by atoms with E-state index in [4.69, 9.17) is 14.4 Å². The van der Waals surface area contributed by atoms with Crippen molar-refractivity contribution in [3.8, 4) is 28.3 Å². The Kier molecular flexibility index (Phi) is 5.43. The second-order valence-electron chi connectivity index (χ2n) is 11.1. The van der Waals surface area contributed by atoms with Crippen molar-refractivity contribution in [3.05, 3.63) is 112 Å². The maximum absolute atomic E-state index is 6.66. The van der Waals surface area contributed by atoms with E-state index >= 15 is 0 Å². The average Bonchev–Trinajstić information content (AvgIpc) is 3.48. The van der Waals surface area contributed by atoms with Crippen LogP contribution in [0.3, 0.4) is 0 Å². The third-order valence-electron chi connectivity index (χ3n) is 8.09. The number of hydrogen-bond acceptors (Lipinski definition) is 3. The maximum Gasteiger partial charge on any atom is 0.227 e. The largest absolute Gasteiger partial charge is 0.437 e. The van der Waals surface area contributed by atoms with E-state index in [-0.39, 0.29) is 0 Å². The summed E-state index contributed by atoms with van der Waals surface area (Å²) in [4.78, 5) is 10.2. The van der Waals surface area contributed by atoms with Gasteiger partial charge in [-0.25, -0.2) is 9.97 Å². The lowest BCUT2D eigenvalue weighted by atomic mass is 9.99. The van der Waals surface area contributed by atoms with Gasteiger partial charge < -0.3 is 4.42 Å². The van der Waals surface area contributed by atoms with Crippen LogP contribution in [0.1, 0.15) is 33.4 Å². The summed E-state index contributed by atoms with van der Waals surface area (Å²) in [5, 5.41) is 2.11. The van der Waals surface area contributed by atoms with Crippen molar-refractivity contribution in [2.45, 2.75) is 41.5 Å². The minimum absolute atomic E-state index is 0.649. The molecule has 0 N–H and O–H groups in total. The minimum atomic E-state index is 0.649. The van der Waals surface area contributed by atoms with Crippen molar-refractivity contribution in [1.82, 2.24) is 14.5 Å². The van der Waals surface area contributed by atoms with Gasteiger partial charge in [-0.2, -0.15) is 0 Å². The molecule has 7 aromatic rings. The fourth-order valence-corrected chi connectivity index (χ4v) is 6.42. The van der Waals surface area contributed by atoms with Gasteiger partial charge in [0.15, 0.2) is 0 Å². The molecule has 0 fully saturated rings. The standard InChI is InChI=1S/C36H31N3O/c1-20-18-24(5)33(25(6)19-20)39-30-13-8-7-12-28(30)37-35(39)27-15-14-23(4)32-26-16-17-29(38-36(26)40-34(27)32)31-21(2)10-9-11-22(31)3/h7-19H,1-6H3. The molecule has 0 unspecified atom stereocenters. The Morgan fingerprint density at radius 1 is 0.650 bits per heavy atom. The minimum Gasteiger partial charge on any atom is -0.437 e. The van der Waals surface area contributed by atoms with Gasteiger partial charge in [0.2, 0.25) is 5.71 Å². The van der Waals surface area contributed by atoms with Crippen LogP contribution in [0.2, 0.25) is 0 Å². The van der Waals surface area contributed by atoms with Crippen LogP contribution in [0.5, 0.6) is 0 Å². The second kappa shape index (κ2) is 8.92. The van der Waals surface area contributed by atoms with Gasteiger partial charge in [-0.1, -0.05) is 54.1 Å². The molecule has 0 bridgehead atoms. The molecule has 0 saturated heterocycles. The average molecular weight is 522 g/mol. The molecular weight excluding hydrogens is 490 g/mol. The van der Waals surface area contributed by atoms with Crippen LogP contribution in [0.25, 0.3) is 61.4 Å². The quantitative estimate of drug-likeness (QED) is 0.233. The van der Waals surface area contributed by atoms with Crippen LogP contribution < -0.4 is 0 Å². The summed E-state index contributed by atoms with van der Waals surface area (Å²) in [6.07, 6.45) is 0. The SMILES string of the molecule is Cc1cc(C)c(-n2c(-c3ccc(C)c4c3oc3nc(-c5c(C)cccc5C)ccc34)nc3ccccc32)c(C)c1. The van der Waals surface area contributed by atoms with Gasteiger partial charge in [0.25, 0.3) is 0 Å². The molecule has 0 radical (unpaired) electrons. The zero-order valence-corrected chi connectivity index (χ0v) is 23.8. The summed E-state index contributed by atoms with van der Waals surface area (Å²) >= 11 is 0. The lowest BCUT2D eigenvalue weighted by molar-refractivity contribution is 0.655. The number of nitrogens with zero attached hydrogens (tertiary/aromatic N) is 3. The van der Waals surface area contributed by atoms with Gasteiger partial charge in [-0.05, 0) is 99.7 Å². The van der Waals surface area contributed by atoms with Crippen molar-refractivity contribution in [1.29, 1.82) is 0 Å². The molecular formula is C36H31N3O. The normalized spacial score (nSPS) is 11.8. The molecule has 0 atom stereocenters. The van der Waals surface area contributed by atoms with E-state index in [0.29, 0.717) is 5.71 Å². The number of fused-ring (bicyclic) bond motifs is 4. The van der Waals surface area contributed by atoms with Crippen LogP contribution in [0.4, 0.5) is 0 Å². The lowest BCUT2D eigenvalue weighted by Gasteiger charge is -2.16. The highest BCUT2D eigenvalue weighted by molar-refractivity contribution is 6.10. The molecule has 4 nitrogen and oxygen atoms in total. The number of imidazole rings is 1. The van der Waals surface area contributed by atoms with Gasteiger partial charge in [-0.15, -0.1) is 0 Å². The number of para-hydroxylation sites is 2. The van der Waals surface area contributed by atoms with Gasteiger partial charge in [0.05, 0.1) is 28.0 Å². The molecule has 196 valence electrons. The first kappa shape index (κ1) is 24.3. The molecule has 40 heavy (non-hydrogen) atoms. The Labute approximate surface area is 233 Å². The van der Waals surface area contributed by atoms with Crippen molar-refractivity contribution in [2.75, 3.05) is 0 Å². The van der Waals surface area contributed by atoms with Crippen molar-refractivity contribution in [3.63, 3.8) is 0 Å². The smallest absolute Gasteiger partial charge is 0.227 e. The Balaban J connectivity index is 1.54. The highest BCUT2D eigenvalue weighted by Gasteiger charge is 2.23. The molecule has 0 spiro atoms. The number of rotatable bonds is 3. The predicted octanol–water partition coefficient (Wildman–Crippen LogP) is 9.50. The van der Waals surface area contributed by atoms with Gasteiger partial charge in [0, 0.05) is 16.3 Å². The molecule has 0 aliphatic carbocycles. The molecule has 7 rings (SSSR count). The topological polar surface area (TPSA) is 43.9 Å². The zero-order valence-electron chi connectivity index (χ0n) is 23.8. The Hall–Kier alpha value is -4.70. The summed E-state index contributed by atoms with van der Waals surface area (Å²) in [7, 11) is 0. The Morgan fingerprint density at radius 2 is 1.38 bits per heavy atom. The molecule has 0 saturated carbocycles. The van der Waals surface area contributed by atoms with E-state index in [1.54, 1.807) is 0 Å². The highest BCUT2D eigenvalue weighted by Crippen LogP contribution is 2.40. The number of hydrogen-bond donors (Lipinski definition) is 0. The molecule has 0 aliphatic rings. The van der Waals surface area contributed by atoms with Crippen molar-refractivity contribution < 1.29 is 4.42 Å². The van der Waals surface area contributed by atoms with Crippen molar-refractivity contribution >= 4 is 33.1 Å². The lowest BCUT2D eigenvalue weighted by Crippen LogP contribution is -2.03. The number of aromatic nitrogens is 3. The molecule has 3 heterocycles. The fourth-order valence-electron chi connectivity index (χ4n) is 6.42. The van der Waals surface area contributed by atoms with Crippen LogP contribution in [-0.4, -0.2) is 14.5 Å². The summed E-state index contributed by atoms with van der Waals surface area (Å²) in [5.74, 6) is 0.871. The second-order valence-corrected chi connectivity index (χ2v) is 11.1. The van der Waals surface area contributed by atoms with E-state index in [2.05, 4.69) is 119 Å². The molecule has 4 aromatic carbocycles. The summed E-state index contributed by atoms with van der Waals surface area (Å²) < 4.78 is 8.96. The van der Waals surface area contributed by atoms with Crippen LogP contribution >= 0.6 is 0 Å². The van der Waals surface area contributed by atoms with E-state index in [9.17, 15) is 0 Å².